The van der Waals surface area contributed by atoms with Gasteiger partial charge in [-0.3, -0.25) is 5.32 Å². The van der Waals surface area contributed by atoms with Gasteiger partial charge in [-0.1, -0.05) is 72.1 Å². The molecule has 0 aliphatic heterocycles. The molecule has 1 amide bonds. The lowest BCUT2D eigenvalue weighted by Gasteiger charge is -2.15. The first kappa shape index (κ1) is 23.8. The van der Waals surface area contributed by atoms with Gasteiger partial charge in [0, 0.05) is 28.7 Å². The fraction of sp³-hybridized carbons (Fsp3) is 0.346. The Morgan fingerprint density at radius 2 is 1.97 bits per heavy atom. The largest absolute Gasteiger partial charge is 0.441 e. The van der Waals surface area contributed by atoms with Gasteiger partial charge in [0.25, 0.3) is 0 Å². The predicted octanol–water partition coefficient (Wildman–Crippen LogP) is 6.45. The smallest absolute Gasteiger partial charge is 0.412 e. The molecular weight excluding hydrogens is 452 g/mol. The Kier molecular flexibility index (Phi) is 7.51. The number of rotatable bonds is 9. The first-order valence-corrected chi connectivity index (χ1v) is 11.8. The average molecular weight is 479 g/mol. The molecule has 4 rings (SSSR count). The molecule has 176 valence electrons. The molecule has 8 heteroatoms. The van der Waals surface area contributed by atoms with Crippen LogP contribution < -0.4 is 10.6 Å². The highest BCUT2D eigenvalue weighted by molar-refractivity contribution is 6.31. The number of amides is 1. The lowest BCUT2D eigenvalue weighted by molar-refractivity contribution is 0.121. The summed E-state index contributed by atoms with van der Waals surface area (Å²) < 4.78 is 10.9. The molecule has 2 atom stereocenters. The summed E-state index contributed by atoms with van der Waals surface area (Å²) in [6.45, 7) is 4.71. The number of benzene rings is 2. The SMILES string of the molecule is CC(CC1CC1)NCc1ccc(-c2onc(C#N)c2NC(=O)OC(C)c2ccccc2Cl)cc1. The van der Waals surface area contributed by atoms with Gasteiger partial charge in [0.1, 0.15) is 17.9 Å². The summed E-state index contributed by atoms with van der Waals surface area (Å²) in [6, 6.07) is 17.3. The van der Waals surface area contributed by atoms with E-state index in [1.807, 2.05) is 36.4 Å². The number of aromatic nitrogens is 1. The molecular formula is C26H27ClN4O3. The predicted molar refractivity (Wildman–Crippen MR) is 130 cm³/mol. The van der Waals surface area contributed by atoms with Crippen LogP contribution in [-0.4, -0.2) is 17.3 Å². The molecule has 1 heterocycles. The first-order chi connectivity index (χ1) is 16.4. The van der Waals surface area contributed by atoms with Crippen molar-refractivity contribution in [3.05, 3.63) is 70.4 Å². The van der Waals surface area contributed by atoms with Crippen LogP contribution in [0.5, 0.6) is 0 Å². The molecule has 1 aromatic heterocycles. The van der Waals surface area contributed by atoms with E-state index in [1.165, 1.54) is 19.3 Å². The standard InChI is InChI=1S/C26H27ClN4O3/c1-16(13-18-7-8-18)29-15-19-9-11-20(12-10-19)25-24(23(14-28)31-34-25)30-26(32)33-17(2)21-5-3-4-6-22(21)27/h3-6,9-12,16-18,29H,7-8,13,15H2,1-2H3,(H,30,32). The van der Waals surface area contributed by atoms with Crippen LogP contribution in [0.1, 0.15) is 56.0 Å². The van der Waals surface area contributed by atoms with Crippen LogP contribution in [0.15, 0.2) is 53.1 Å². The maximum Gasteiger partial charge on any atom is 0.412 e. The molecule has 0 radical (unpaired) electrons. The van der Waals surface area contributed by atoms with E-state index in [1.54, 1.807) is 25.1 Å². The second kappa shape index (κ2) is 10.7. The lowest BCUT2D eigenvalue weighted by atomic mass is 10.1. The van der Waals surface area contributed by atoms with Crippen molar-refractivity contribution in [3.63, 3.8) is 0 Å². The maximum absolute atomic E-state index is 12.6. The van der Waals surface area contributed by atoms with Crippen molar-refractivity contribution >= 4 is 23.4 Å². The molecule has 1 aliphatic rings. The highest BCUT2D eigenvalue weighted by Gasteiger charge is 2.24. The molecule has 0 bridgehead atoms. The molecule has 0 spiro atoms. The monoisotopic (exact) mass is 478 g/mol. The Bertz CT molecular complexity index is 1180. The number of halogens is 1. The minimum atomic E-state index is -0.737. The second-order valence-electron chi connectivity index (χ2n) is 8.70. The van der Waals surface area contributed by atoms with E-state index in [-0.39, 0.29) is 11.4 Å². The van der Waals surface area contributed by atoms with Gasteiger partial charge in [-0.25, -0.2) is 4.79 Å². The molecule has 2 unspecified atom stereocenters. The summed E-state index contributed by atoms with van der Waals surface area (Å²) in [5.74, 6) is 1.18. The average Bonchev–Trinajstić information content (AvgIpc) is 3.55. The normalized spacial score (nSPS) is 14.8. The highest BCUT2D eigenvalue weighted by atomic mass is 35.5. The molecule has 1 fully saturated rings. The number of ether oxygens (including phenoxy) is 1. The second-order valence-corrected chi connectivity index (χ2v) is 9.11. The van der Waals surface area contributed by atoms with Crippen molar-refractivity contribution in [2.24, 2.45) is 5.92 Å². The van der Waals surface area contributed by atoms with Crippen LogP contribution >= 0.6 is 11.6 Å². The van der Waals surface area contributed by atoms with Crippen molar-refractivity contribution in [1.82, 2.24) is 10.5 Å². The highest BCUT2D eigenvalue weighted by Crippen LogP contribution is 2.34. The van der Waals surface area contributed by atoms with Gasteiger partial charge in [-0.05, 0) is 37.8 Å². The third-order valence-electron chi connectivity index (χ3n) is 5.91. The zero-order chi connectivity index (χ0) is 24.1. The molecule has 1 saturated carbocycles. The van der Waals surface area contributed by atoms with Crippen LogP contribution in [-0.2, 0) is 11.3 Å². The number of hydrogen-bond acceptors (Lipinski definition) is 6. The van der Waals surface area contributed by atoms with Gasteiger partial charge in [-0.15, -0.1) is 0 Å². The molecule has 7 nitrogen and oxygen atoms in total. The number of nitriles is 1. The van der Waals surface area contributed by atoms with E-state index in [0.29, 0.717) is 28.0 Å². The van der Waals surface area contributed by atoms with Gasteiger partial charge >= 0.3 is 6.09 Å². The number of carbonyl (C=O) groups excluding carboxylic acids is 1. The minimum Gasteiger partial charge on any atom is -0.441 e. The fourth-order valence-corrected chi connectivity index (χ4v) is 4.13. The molecule has 3 aromatic rings. The topological polar surface area (TPSA) is 100 Å². The van der Waals surface area contributed by atoms with Crippen molar-refractivity contribution in [2.75, 3.05) is 5.32 Å². The van der Waals surface area contributed by atoms with Crippen molar-refractivity contribution in [2.45, 2.75) is 51.8 Å². The van der Waals surface area contributed by atoms with Crippen LogP contribution in [0.2, 0.25) is 5.02 Å². The summed E-state index contributed by atoms with van der Waals surface area (Å²) in [7, 11) is 0. The van der Waals surface area contributed by atoms with Crippen molar-refractivity contribution in [3.8, 4) is 17.4 Å². The van der Waals surface area contributed by atoms with Crippen LogP contribution in [0.4, 0.5) is 10.5 Å². The van der Waals surface area contributed by atoms with Gasteiger partial charge in [0.05, 0.1) is 0 Å². The van der Waals surface area contributed by atoms with Gasteiger partial charge in [-0.2, -0.15) is 5.26 Å². The summed E-state index contributed by atoms with van der Waals surface area (Å²) in [5, 5.41) is 19.9. The zero-order valence-corrected chi connectivity index (χ0v) is 19.9. The lowest BCUT2D eigenvalue weighted by Crippen LogP contribution is -2.25. The van der Waals surface area contributed by atoms with Crippen molar-refractivity contribution < 1.29 is 14.1 Å². The van der Waals surface area contributed by atoms with E-state index in [0.717, 1.165) is 18.0 Å². The van der Waals surface area contributed by atoms with Gasteiger partial charge in [0.15, 0.2) is 5.76 Å². The molecule has 0 saturated heterocycles. The Morgan fingerprint density at radius 3 is 2.65 bits per heavy atom. The Labute approximate surface area is 204 Å². The summed E-state index contributed by atoms with van der Waals surface area (Å²) in [4.78, 5) is 12.6. The van der Waals surface area contributed by atoms with Crippen LogP contribution in [0.25, 0.3) is 11.3 Å². The maximum atomic E-state index is 12.6. The summed E-state index contributed by atoms with van der Waals surface area (Å²) in [6.07, 6.45) is 2.60. The van der Waals surface area contributed by atoms with E-state index in [2.05, 4.69) is 22.7 Å². The number of anilines is 1. The zero-order valence-electron chi connectivity index (χ0n) is 19.2. The number of hydrogen-bond donors (Lipinski definition) is 2. The Hall–Kier alpha value is -3.34. The number of nitrogens with zero attached hydrogens (tertiary/aromatic N) is 2. The minimum absolute atomic E-state index is 0.0306. The van der Waals surface area contributed by atoms with E-state index in [4.69, 9.17) is 20.9 Å². The Morgan fingerprint density at radius 1 is 1.24 bits per heavy atom. The number of nitrogens with one attached hydrogen (secondary N) is 2. The third-order valence-corrected chi connectivity index (χ3v) is 6.25. The van der Waals surface area contributed by atoms with Crippen molar-refractivity contribution in [1.29, 1.82) is 5.26 Å². The van der Waals surface area contributed by atoms with E-state index < -0.39 is 12.2 Å². The van der Waals surface area contributed by atoms with E-state index >= 15 is 0 Å². The third kappa shape index (κ3) is 5.96. The molecule has 34 heavy (non-hydrogen) atoms. The van der Waals surface area contributed by atoms with Gasteiger partial charge in [0.2, 0.25) is 5.69 Å². The van der Waals surface area contributed by atoms with E-state index in [9.17, 15) is 10.1 Å². The number of carbonyl (C=O) groups is 1. The van der Waals surface area contributed by atoms with Crippen LogP contribution in [0.3, 0.4) is 0 Å². The fourth-order valence-electron chi connectivity index (χ4n) is 3.84. The molecule has 2 N–H and O–H groups in total. The Balaban J connectivity index is 1.42. The van der Waals surface area contributed by atoms with Crippen LogP contribution in [0, 0.1) is 17.2 Å². The summed E-state index contributed by atoms with van der Waals surface area (Å²) in [5.41, 5.74) is 2.65. The molecule has 2 aromatic carbocycles. The first-order valence-electron chi connectivity index (χ1n) is 11.4. The van der Waals surface area contributed by atoms with Gasteiger partial charge < -0.3 is 14.6 Å². The quantitative estimate of drug-likeness (QED) is 0.366. The molecule has 1 aliphatic carbocycles. The summed E-state index contributed by atoms with van der Waals surface area (Å²) >= 11 is 6.19.